The van der Waals surface area contributed by atoms with E-state index in [1.54, 1.807) is 12.1 Å². The van der Waals surface area contributed by atoms with E-state index in [9.17, 15) is 14.4 Å². The largest absolute Gasteiger partial charge is 0.355 e. The molecule has 0 aliphatic carbocycles. The molecule has 6 nitrogen and oxygen atoms in total. The van der Waals surface area contributed by atoms with Crippen molar-refractivity contribution in [2.45, 2.75) is 38.6 Å². The predicted molar refractivity (Wildman–Crippen MR) is 101 cm³/mol. The van der Waals surface area contributed by atoms with Crippen molar-refractivity contribution in [3.05, 3.63) is 29.8 Å². The van der Waals surface area contributed by atoms with Gasteiger partial charge in [0.1, 0.15) is 0 Å². The molecule has 0 unspecified atom stereocenters. The van der Waals surface area contributed by atoms with E-state index in [2.05, 4.69) is 10.6 Å². The molecule has 0 heterocycles. The number of nitrogens with one attached hydrogen (secondary N) is 2. The average Bonchev–Trinajstić information content (AvgIpc) is 2.57. The van der Waals surface area contributed by atoms with E-state index < -0.39 is 0 Å². The normalized spacial score (nSPS) is 10.4. The van der Waals surface area contributed by atoms with Crippen molar-refractivity contribution in [3.63, 3.8) is 0 Å². The molecule has 0 spiro atoms. The smallest absolute Gasteiger partial charge is 0.255 e. The number of hydrogen-bond acceptors (Lipinski definition) is 4. The van der Waals surface area contributed by atoms with E-state index in [0.29, 0.717) is 18.7 Å². The molecule has 7 heteroatoms. The van der Waals surface area contributed by atoms with E-state index in [4.69, 9.17) is 0 Å². The first-order chi connectivity index (χ1) is 11.9. The molecule has 0 bridgehead atoms. The van der Waals surface area contributed by atoms with Gasteiger partial charge in [-0.05, 0) is 39.8 Å². The van der Waals surface area contributed by atoms with Gasteiger partial charge < -0.3 is 15.5 Å². The third-order valence-electron chi connectivity index (χ3n) is 3.30. The molecule has 0 fully saturated rings. The SMILES string of the molecule is CCNC(=O)CN(CC)C(=O)c1ccccc1SCC(=O)NC(C)C. The number of carbonyl (C=O) groups is 3. The fourth-order valence-corrected chi connectivity index (χ4v) is 3.06. The number of amides is 3. The summed E-state index contributed by atoms with van der Waals surface area (Å²) in [6.07, 6.45) is 0. The quantitative estimate of drug-likeness (QED) is 0.655. The first-order valence-corrected chi connectivity index (χ1v) is 9.44. The van der Waals surface area contributed by atoms with Crippen molar-refractivity contribution in [1.29, 1.82) is 0 Å². The number of nitrogens with zero attached hydrogens (tertiary/aromatic N) is 1. The van der Waals surface area contributed by atoms with Gasteiger partial charge in [-0.25, -0.2) is 0 Å². The van der Waals surface area contributed by atoms with Crippen LogP contribution < -0.4 is 10.6 Å². The Morgan fingerprint density at radius 2 is 1.80 bits per heavy atom. The Kier molecular flexibility index (Phi) is 9.05. The zero-order valence-corrected chi connectivity index (χ0v) is 16.1. The molecule has 0 aliphatic rings. The van der Waals surface area contributed by atoms with E-state index in [0.717, 1.165) is 4.90 Å². The van der Waals surface area contributed by atoms with Crippen molar-refractivity contribution in [3.8, 4) is 0 Å². The van der Waals surface area contributed by atoms with Crippen LogP contribution in [0, 0.1) is 0 Å². The molecule has 1 aromatic rings. The van der Waals surface area contributed by atoms with Gasteiger partial charge in [0.2, 0.25) is 11.8 Å². The van der Waals surface area contributed by atoms with Crippen LogP contribution in [0.1, 0.15) is 38.1 Å². The molecule has 25 heavy (non-hydrogen) atoms. The third kappa shape index (κ3) is 7.17. The van der Waals surface area contributed by atoms with E-state index in [1.807, 2.05) is 39.8 Å². The first kappa shape index (κ1) is 21.0. The van der Waals surface area contributed by atoms with Crippen LogP contribution in [0.5, 0.6) is 0 Å². The highest BCUT2D eigenvalue weighted by atomic mass is 32.2. The maximum atomic E-state index is 12.8. The zero-order valence-electron chi connectivity index (χ0n) is 15.3. The predicted octanol–water partition coefficient (Wildman–Crippen LogP) is 1.90. The van der Waals surface area contributed by atoms with Gasteiger partial charge in [-0.3, -0.25) is 14.4 Å². The Hall–Kier alpha value is -2.02. The van der Waals surface area contributed by atoms with Gasteiger partial charge in [-0.15, -0.1) is 11.8 Å². The van der Waals surface area contributed by atoms with Crippen LogP contribution in [-0.4, -0.2) is 54.1 Å². The lowest BCUT2D eigenvalue weighted by molar-refractivity contribution is -0.121. The Balaban J connectivity index is 2.84. The summed E-state index contributed by atoms with van der Waals surface area (Å²) in [6.45, 7) is 8.47. The minimum absolute atomic E-state index is 0.0238. The Morgan fingerprint density at radius 3 is 2.40 bits per heavy atom. The van der Waals surface area contributed by atoms with Crippen LogP contribution in [0.4, 0.5) is 0 Å². The lowest BCUT2D eigenvalue weighted by atomic mass is 10.2. The highest BCUT2D eigenvalue weighted by molar-refractivity contribution is 8.00. The van der Waals surface area contributed by atoms with Crippen molar-refractivity contribution in [2.75, 3.05) is 25.4 Å². The molecule has 0 radical (unpaired) electrons. The highest BCUT2D eigenvalue weighted by Crippen LogP contribution is 2.23. The average molecular weight is 365 g/mol. The second-order valence-corrected chi connectivity index (χ2v) is 6.80. The molecule has 3 amide bonds. The lowest BCUT2D eigenvalue weighted by Crippen LogP contribution is -2.40. The number of hydrogen-bond donors (Lipinski definition) is 2. The lowest BCUT2D eigenvalue weighted by Gasteiger charge is -2.21. The highest BCUT2D eigenvalue weighted by Gasteiger charge is 2.20. The van der Waals surface area contributed by atoms with Crippen molar-refractivity contribution in [1.82, 2.24) is 15.5 Å². The Labute approximate surface area is 153 Å². The number of rotatable bonds is 9. The second-order valence-electron chi connectivity index (χ2n) is 5.78. The molecule has 0 saturated carbocycles. The van der Waals surface area contributed by atoms with Gasteiger partial charge in [0, 0.05) is 24.0 Å². The standard InChI is InChI=1S/C18H27N3O3S/c1-5-19-16(22)11-21(6-2)18(24)14-9-7-8-10-15(14)25-12-17(23)20-13(3)4/h7-10,13H,5-6,11-12H2,1-4H3,(H,19,22)(H,20,23). The minimum atomic E-state index is -0.207. The van der Waals surface area contributed by atoms with Gasteiger partial charge in [-0.1, -0.05) is 12.1 Å². The van der Waals surface area contributed by atoms with Crippen LogP contribution in [0.15, 0.2) is 29.2 Å². The number of likely N-dealkylation sites (N-methyl/N-ethyl adjacent to an activating group) is 2. The number of benzene rings is 1. The molecular weight excluding hydrogens is 338 g/mol. The van der Waals surface area contributed by atoms with Crippen LogP contribution in [0.25, 0.3) is 0 Å². The topological polar surface area (TPSA) is 78.5 Å². The molecule has 1 rings (SSSR count). The van der Waals surface area contributed by atoms with Crippen molar-refractivity contribution in [2.24, 2.45) is 0 Å². The Morgan fingerprint density at radius 1 is 1.12 bits per heavy atom. The summed E-state index contributed by atoms with van der Waals surface area (Å²) in [5.41, 5.74) is 0.510. The Bertz CT molecular complexity index is 605. The van der Waals surface area contributed by atoms with Crippen LogP contribution in [-0.2, 0) is 9.59 Å². The molecule has 0 atom stereocenters. The van der Waals surface area contributed by atoms with Crippen LogP contribution in [0.2, 0.25) is 0 Å². The zero-order chi connectivity index (χ0) is 18.8. The fraction of sp³-hybridized carbons (Fsp3) is 0.500. The maximum Gasteiger partial charge on any atom is 0.255 e. The van der Waals surface area contributed by atoms with Gasteiger partial charge >= 0.3 is 0 Å². The molecule has 0 saturated heterocycles. The summed E-state index contributed by atoms with van der Waals surface area (Å²) in [5, 5.41) is 5.53. The van der Waals surface area contributed by atoms with Crippen LogP contribution in [0.3, 0.4) is 0 Å². The molecule has 0 aromatic heterocycles. The minimum Gasteiger partial charge on any atom is -0.355 e. The van der Waals surface area contributed by atoms with E-state index >= 15 is 0 Å². The summed E-state index contributed by atoms with van der Waals surface area (Å²) in [6, 6.07) is 7.24. The van der Waals surface area contributed by atoms with E-state index in [1.165, 1.54) is 16.7 Å². The summed E-state index contributed by atoms with van der Waals surface area (Å²) < 4.78 is 0. The monoisotopic (exact) mass is 365 g/mol. The van der Waals surface area contributed by atoms with E-state index in [-0.39, 0.29) is 36.1 Å². The maximum absolute atomic E-state index is 12.8. The van der Waals surface area contributed by atoms with Crippen molar-refractivity contribution < 1.29 is 14.4 Å². The molecule has 138 valence electrons. The van der Waals surface area contributed by atoms with Gasteiger partial charge in [0.15, 0.2) is 0 Å². The second kappa shape index (κ2) is 10.8. The summed E-state index contributed by atoms with van der Waals surface area (Å²) in [4.78, 5) is 38.6. The fourth-order valence-electron chi connectivity index (χ4n) is 2.20. The molecule has 0 aliphatic heterocycles. The van der Waals surface area contributed by atoms with Gasteiger partial charge in [-0.2, -0.15) is 0 Å². The first-order valence-electron chi connectivity index (χ1n) is 8.46. The third-order valence-corrected chi connectivity index (χ3v) is 4.38. The molecular formula is C18H27N3O3S. The number of carbonyl (C=O) groups excluding carboxylic acids is 3. The summed E-state index contributed by atoms with van der Waals surface area (Å²) in [7, 11) is 0. The van der Waals surface area contributed by atoms with Gasteiger partial charge in [0.05, 0.1) is 17.9 Å². The van der Waals surface area contributed by atoms with Gasteiger partial charge in [0.25, 0.3) is 5.91 Å². The molecule has 2 N–H and O–H groups in total. The van der Waals surface area contributed by atoms with Crippen molar-refractivity contribution >= 4 is 29.5 Å². The number of thioether (sulfide) groups is 1. The summed E-state index contributed by atoms with van der Waals surface area (Å²) >= 11 is 1.32. The summed E-state index contributed by atoms with van der Waals surface area (Å²) in [5.74, 6) is -0.220. The molecule has 1 aromatic carbocycles. The van der Waals surface area contributed by atoms with Crippen LogP contribution >= 0.6 is 11.8 Å².